The van der Waals surface area contributed by atoms with Crippen LogP contribution < -0.4 is 10.0 Å². The molecule has 1 aromatic heterocycles. The summed E-state index contributed by atoms with van der Waals surface area (Å²) in [7, 11) is -3.19. The van der Waals surface area contributed by atoms with Crippen molar-refractivity contribution in [3.8, 4) is 0 Å². The van der Waals surface area contributed by atoms with Crippen LogP contribution in [-0.4, -0.2) is 37.5 Å². The molecule has 1 unspecified atom stereocenters. The third kappa shape index (κ3) is 4.10. The zero-order valence-corrected chi connectivity index (χ0v) is 10.5. The van der Waals surface area contributed by atoms with Gasteiger partial charge in [0.15, 0.2) is 0 Å². The molecule has 7 heteroatoms. The molecule has 1 fully saturated rings. The first-order valence-corrected chi connectivity index (χ1v) is 7.47. The van der Waals surface area contributed by atoms with E-state index in [-0.39, 0.29) is 11.7 Å². The summed E-state index contributed by atoms with van der Waals surface area (Å²) in [6, 6.07) is 0. The van der Waals surface area contributed by atoms with E-state index in [0.717, 1.165) is 31.5 Å². The predicted octanol–water partition coefficient (Wildman–Crippen LogP) is -0.171. The number of nitrogens with one attached hydrogen (secondary N) is 3. The highest BCUT2D eigenvalue weighted by atomic mass is 32.2. The smallest absolute Gasteiger partial charge is 0.212 e. The summed E-state index contributed by atoms with van der Waals surface area (Å²) in [5.74, 6) is 0.434. The van der Waals surface area contributed by atoms with Gasteiger partial charge >= 0.3 is 0 Å². The van der Waals surface area contributed by atoms with Gasteiger partial charge < -0.3 is 5.32 Å². The van der Waals surface area contributed by atoms with Gasteiger partial charge in [-0.3, -0.25) is 5.10 Å². The quantitative estimate of drug-likeness (QED) is 0.684. The molecule has 1 aliphatic rings. The number of sulfonamides is 1. The van der Waals surface area contributed by atoms with Crippen molar-refractivity contribution in [3.63, 3.8) is 0 Å². The molecule has 1 atom stereocenters. The van der Waals surface area contributed by atoms with Crippen molar-refractivity contribution >= 4 is 10.0 Å². The zero-order valence-electron chi connectivity index (χ0n) is 9.65. The number of rotatable bonds is 5. The van der Waals surface area contributed by atoms with E-state index in [4.69, 9.17) is 0 Å². The van der Waals surface area contributed by atoms with E-state index in [2.05, 4.69) is 20.2 Å². The number of nitrogens with zero attached hydrogens (tertiary/aromatic N) is 1. The van der Waals surface area contributed by atoms with Gasteiger partial charge in [0.05, 0.1) is 11.9 Å². The first-order chi connectivity index (χ1) is 8.16. The Morgan fingerprint density at radius 1 is 1.53 bits per heavy atom. The van der Waals surface area contributed by atoms with E-state index >= 15 is 0 Å². The highest BCUT2D eigenvalue weighted by molar-refractivity contribution is 7.89. The molecule has 0 aromatic carbocycles. The van der Waals surface area contributed by atoms with Crippen LogP contribution in [0.4, 0.5) is 0 Å². The maximum absolute atomic E-state index is 11.8. The van der Waals surface area contributed by atoms with Crippen molar-refractivity contribution in [3.05, 3.63) is 18.0 Å². The fourth-order valence-corrected chi connectivity index (χ4v) is 3.41. The summed E-state index contributed by atoms with van der Waals surface area (Å²) in [5.41, 5.74) is 0.843. The summed E-state index contributed by atoms with van der Waals surface area (Å²) in [4.78, 5) is 0. The van der Waals surface area contributed by atoms with Crippen molar-refractivity contribution in [2.24, 2.45) is 5.92 Å². The molecule has 0 aliphatic carbocycles. The van der Waals surface area contributed by atoms with Crippen LogP contribution in [0.3, 0.4) is 0 Å². The van der Waals surface area contributed by atoms with Crippen molar-refractivity contribution in [1.82, 2.24) is 20.2 Å². The molecule has 2 heterocycles. The highest BCUT2D eigenvalue weighted by Gasteiger charge is 2.20. The predicted molar refractivity (Wildman–Crippen MR) is 64.8 cm³/mol. The van der Waals surface area contributed by atoms with Gasteiger partial charge in [0.25, 0.3) is 0 Å². The van der Waals surface area contributed by atoms with E-state index in [0.29, 0.717) is 6.54 Å². The molecule has 17 heavy (non-hydrogen) atoms. The summed E-state index contributed by atoms with van der Waals surface area (Å²) in [6.07, 6.45) is 5.34. The first-order valence-electron chi connectivity index (χ1n) is 5.81. The van der Waals surface area contributed by atoms with Crippen LogP contribution in [0.15, 0.2) is 12.4 Å². The SMILES string of the molecule is O=S(=O)(CC1CCCNC1)NCc1cn[nH]c1. The summed E-state index contributed by atoms with van der Waals surface area (Å²) in [5, 5.41) is 9.64. The number of hydrogen-bond donors (Lipinski definition) is 3. The molecular weight excluding hydrogens is 240 g/mol. The fraction of sp³-hybridized carbons (Fsp3) is 0.700. The van der Waals surface area contributed by atoms with Crippen LogP contribution in [0.2, 0.25) is 0 Å². The Bertz CT molecular complexity index is 423. The normalized spacial score (nSPS) is 21.5. The number of piperidine rings is 1. The van der Waals surface area contributed by atoms with Crippen molar-refractivity contribution < 1.29 is 8.42 Å². The molecule has 2 rings (SSSR count). The van der Waals surface area contributed by atoms with Crippen molar-refractivity contribution in [2.45, 2.75) is 19.4 Å². The van der Waals surface area contributed by atoms with Gasteiger partial charge in [-0.15, -0.1) is 0 Å². The van der Waals surface area contributed by atoms with Gasteiger partial charge in [0, 0.05) is 18.3 Å². The Labute approximate surface area is 101 Å². The van der Waals surface area contributed by atoms with Gasteiger partial charge in [-0.2, -0.15) is 5.10 Å². The van der Waals surface area contributed by atoms with E-state index in [1.165, 1.54) is 0 Å². The molecule has 1 saturated heterocycles. The standard InChI is InChI=1S/C10H18N4O2S/c15-17(16,8-9-2-1-3-11-4-9)14-7-10-5-12-13-6-10/h5-6,9,11,14H,1-4,7-8H2,(H,12,13). The third-order valence-electron chi connectivity index (χ3n) is 2.91. The number of aromatic nitrogens is 2. The molecule has 96 valence electrons. The molecule has 0 saturated carbocycles. The fourth-order valence-electron chi connectivity index (χ4n) is 2.00. The second-order valence-electron chi connectivity index (χ2n) is 4.42. The van der Waals surface area contributed by atoms with E-state index in [9.17, 15) is 8.42 Å². The maximum Gasteiger partial charge on any atom is 0.212 e. The minimum Gasteiger partial charge on any atom is -0.316 e. The van der Waals surface area contributed by atoms with Gasteiger partial charge in [-0.05, 0) is 31.8 Å². The molecule has 0 amide bonds. The number of H-pyrrole nitrogens is 1. The zero-order chi connectivity index (χ0) is 12.1. The summed E-state index contributed by atoms with van der Waals surface area (Å²) < 4.78 is 26.2. The summed E-state index contributed by atoms with van der Waals surface area (Å²) in [6.45, 7) is 2.10. The van der Waals surface area contributed by atoms with Crippen LogP contribution in [-0.2, 0) is 16.6 Å². The second kappa shape index (κ2) is 5.61. The Balaban J connectivity index is 1.81. The molecule has 6 nitrogen and oxygen atoms in total. The minimum atomic E-state index is -3.19. The van der Waals surface area contributed by atoms with Gasteiger partial charge in [0.1, 0.15) is 0 Å². The van der Waals surface area contributed by atoms with Gasteiger partial charge in [-0.1, -0.05) is 0 Å². The van der Waals surface area contributed by atoms with Crippen molar-refractivity contribution in [1.29, 1.82) is 0 Å². The largest absolute Gasteiger partial charge is 0.316 e. The highest BCUT2D eigenvalue weighted by Crippen LogP contribution is 2.12. The average molecular weight is 258 g/mol. The van der Waals surface area contributed by atoms with E-state index in [1.807, 2.05) is 0 Å². The number of hydrogen-bond acceptors (Lipinski definition) is 4. The molecular formula is C10H18N4O2S. The Hall–Kier alpha value is -0.920. The summed E-state index contributed by atoms with van der Waals surface area (Å²) >= 11 is 0. The van der Waals surface area contributed by atoms with Crippen LogP contribution in [0.5, 0.6) is 0 Å². The minimum absolute atomic E-state index is 0.206. The van der Waals surface area contributed by atoms with E-state index in [1.54, 1.807) is 12.4 Å². The van der Waals surface area contributed by atoms with Gasteiger partial charge in [-0.25, -0.2) is 13.1 Å². The monoisotopic (exact) mass is 258 g/mol. The second-order valence-corrected chi connectivity index (χ2v) is 6.27. The molecule has 3 N–H and O–H groups in total. The lowest BCUT2D eigenvalue weighted by molar-refractivity contribution is 0.402. The molecule has 0 bridgehead atoms. The third-order valence-corrected chi connectivity index (χ3v) is 4.40. The van der Waals surface area contributed by atoms with Crippen LogP contribution in [0.1, 0.15) is 18.4 Å². The van der Waals surface area contributed by atoms with Crippen LogP contribution in [0, 0.1) is 5.92 Å². The molecule has 1 aliphatic heterocycles. The van der Waals surface area contributed by atoms with Gasteiger partial charge in [0.2, 0.25) is 10.0 Å². The molecule has 0 spiro atoms. The Morgan fingerprint density at radius 3 is 3.06 bits per heavy atom. The molecule has 1 aromatic rings. The Morgan fingerprint density at radius 2 is 2.41 bits per heavy atom. The lowest BCUT2D eigenvalue weighted by Crippen LogP contribution is -2.37. The average Bonchev–Trinajstić information content (AvgIpc) is 2.80. The maximum atomic E-state index is 11.8. The lowest BCUT2D eigenvalue weighted by Gasteiger charge is -2.22. The Kier molecular flexibility index (Phi) is 4.14. The van der Waals surface area contributed by atoms with Crippen LogP contribution >= 0.6 is 0 Å². The topological polar surface area (TPSA) is 86.9 Å². The van der Waals surface area contributed by atoms with E-state index < -0.39 is 10.0 Å². The van der Waals surface area contributed by atoms with Crippen LogP contribution in [0.25, 0.3) is 0 Å². The number of aromatic amines is 1. The first kappa shape index (κ1) is 12.5. The lowest BCUT2D eigenvalue weighted by atomic mass is 10.0. The molecule has 0 radical (unpaired) electrons. The van der Waals surface area contributed by atoms with Crippen molar-refractivity contribution in [2.75, 3.05) is 18.8 Å².